The maximum atomic E-state index is 12.7. The normalized spacial score (nSPS) is 24.1. The van der Waals surface area contributed by atoms with E-state index in [2.05, 4.69) is 5.32 Å². The average Bonchev–Trinajstić information content (AvgIpc) is 2.47. The largest absolute Gasteiger partial charge is 0.444 e. The van der Waals surface area contributed by atoms with Gasteiger partial charge in [-0.25, -0.2) is 4.79 Å². The molecule has 5 nitrogen and oxygen atoms in total. The zero-order chi connectivity index (χ0) is 16.7. The maximum absolute atomic E-state index is 12.7. The summed E-state index contributed by atoms with van der Waals surface area (Å²) in [5.74, 6) is 0.0180. The van der Waals surface area contributed by atoms with Crippen molar-refractivity contribution in [3.8, 4) is 0 Å². The summed E-state index contributed by atoms with van der Waals surface area (Å²) in [5.41, 5.74) is 0.961. The Labute approximate surface area is 137 Å². The number of carbonyl (C=O) groups is 2. The number of nitrogens with one attached hydrogen (secondary N) is 1. The highest BCUT2D eigenvalue weighted by molar-refractivity contribution is 5.99. The Hall–Kier alpha value is -2.04. The van der Waals surface area contributed by atoms with E-state index >= 15 is 0 Å². The number of amides is 2. The van der Waals surface area contributed by atoms with Crippen LogP contribution in [0.15, 0.2) is 24.3 Å². The lowest BCUT2D eigenvalue weighted by atomic mass is 9.72. The molecule has 1 atom stereocenters. The van der Waals surface area contributed by atoms with E-state index in [1.54, 1.807) is 4.90 Å². The molecule has 1 saturated heterocycles. The fraction of sp³-hybridized carbons (Fsp3) is 0.556. The maximum Gasteiger partial charge on any atom is 0.410 e. The van der Waals surface area contributed by atoms with E-state index in [4.69, 9.17) is 4.74 Å². The highest BCUT2D eigenvalue weighted by Crippen LogP contribution is 2.40. The molecule has 0 aliphatic carbocycles. The minimum atomic E-state index is -0.538. The van der Waals surface area contributed by atoms with E-state index in [9.17, 15) is 9.59 Å². The van der Waals surface area contributed by atoms with E-state index in [0.717, 1.165) is 24.1 Å². The molecule has 0 aromatic heterocycles. The Balaban J connectivity index is 1.80. The second-order valence-electron chi connectivity index (χ2n) is 7.57. The molecule has 0 bridgehead atoms. The first-order chi connectivity index (χ1) is 10.8. The minimum Gasteiger partial charge on any atom is -0.444 e. The summed E-state index contributed by atoms with van der Waals surface area (Å²) in [5, 5.41) is 3.01. The molecule has 23 heavy (non-hydrogen) atoms. The topological polar surface area (TPSA) is 58.6 Å². The Kier molecular flexibility index (Phi) is 3.82. The van der Waals surface area contributed by atoms with Crippen LogP contribution in [-0.2, 0) is 16.0 Å². The van der Waals surface area contributed by atoms with Gasteiger partial charge in [0, 0.05) is 18.8 Å². The highest BCUT2D eigenvalue weighted by atomic mass is 16.6. The number of fused-ring (bicyclic) bond motifs is 1. The predicted octanol–water partition coefficient (Wildman–Crippen LogP) is 3.20. The van der Waals surface area contributed by atoms with Crippen LogP contribution in [0, 0.1) is 5.41 Å². The number of para-hydroxylation sites is 1. The molecule has 2 amide bonds. The summed E-state index contributed by atoms with van der Waals surface area (Å²) in [4.78, 5) is 26.7. The zero-order valence-electron chi connectivity index (χ0n) is 14.0. The first-order valence-electron chi connectivity index (χ1n) is 8.16. The summed E-state index contributed by atoms with van der Waals surface area (Å²) in [7, 11) is 0. The Bertz CT molecular complexity index is 635. The SMILES string of the molecule is CC(C)(C)OC(=O)N1CCCC2(Cc3ccccc3NC2=O)C1. The molecular formula is C18H24N2O3. The summed E-state index contributed by atoms with van der Waals surface area (Å²) in [6.07, 6.45) is 1.96. The van der Waals surface area contributed by atoms with Crippen LogP contribution in [0.1, 0.15) is 39.2 Å². The lowest BCUT2D eigenvalue weighted by Gasteiger charge is -2.44. The van der Waals surface area contributed by atoms with Crippen LogP contribution in [0.2, 0.25) is 0 Å². The van der Waals surface area contributed by atoms with Gasteiger partial charge < -0.3 is 15.0 Å². The number of rotatable bonds is 0. The van der Waals surface area contributed by atoms with Crippen molar-refractivity contribution >= 4 is 17.7 Å². The second-order valence-corrected chi connectivity index (χ2v) is 7.57. The molecular weight excluding hydrogens is 292 g/mol. The van der Waals surface area contributed by atoms with E-state index in [0.29, 0.717) is 19.5 Å². The van der Waals surface area contributed by atoms with Gasteiger partial charge in [0.15, 0.2) is 0 Å². The number of hydrogen-bond acceptors (Lipinski definition) is 3. The van der Waals surface area contributed by atoms with Crippen LogP contribution in [0.3, 0.4) is 0 Å². The molecule has 2 heterocycles. The number of ether oxygens (including phenoxy) is 1. The van der Waals surface area contributed by atoms with Crippen LogP contribution in [0.25, 0.3) is 0 Å². The third-order valence-electron chi connectivity index (χ3n) is 4.50. The first kappa shape index (κ1) is 15.8. The van der Waals surface area contributed by atoms with Gasteiger partial charge in [-0.2, -0.15) is 0 Å². The van der Waals surface area contributed by atoms with Crippen molar-refractivity contribution in [2.75, 3.05) is 18.4 Å². The fourth-order valence-electron chi connectivity index (χ4n) is 3.44. The smallest absolute Gasteiger partial charge is 0.410 e. The standard InChI is InChI=1S/C18H24N2O3/c1-17(2,3)23-16(22)20-10-6-9-18(12-20)11-13-7-4-5-8-14(13)19-15(18)21/h4-5,7-8H,6,9-12H2,1-3H3,(H,19,21). The molecule has 1 N–H and O–H groups in total. The lowest BCUT2D eigenvalue weighted by Crippen LogP contribution is -2.55. The van der Waals surface area contributed by atoms with E-state index in [-0.39, 0.29) is 12.0 Å². The van der Waals surface area contributed by atoms with Crippen LogP contribution >= 0.6 is 0 Å². The van der Waals surface area contributed by atoms with Gasteiger partial charge in [-0.3, -0.25) is 4.79 Å². The van der Waals surface area contributed by atoms with Crippen molar-refractivity contribution in [3.05, 3.63) is 29.8 Å². The minimum absolute atomic E-state index is 0.0180. The Morgan fingerprint density at radius 2 is 2.04 bits per heavy atom. The molecule has 5 heteroatoms. The number of anilines is 1. The number of benzene rings is 1. The fourth-order valence-corrected chi connectivity index (χ4v) is 3.44. The van der Waals surface area contributed by atoms with Crippen molar-refractivity contribution in [1.82, 2.24) is 4.90 Å². The van der Waals surface area contributed by atoms with E-state index in [1.165, 1.54) is 0 Å². The van der Waals surface area contributed by atoms with Gasteiger partial charge in [-0.05, 0) is 51.7 Å². The molecule has 1 aromatic rings. The molecule has 3 rings (SSSR count). The van der Waals surface area contributed by atoms with E-state index in [1.807, 2.05) is 45.0 Å². The number of hydrogen-bond donors (Lipinski definition) is 1. The molecule has 1 unspecified atom stereocenters. The number of nitrogens with zero attached hydrogens (tertiary/aromatic N) is 1. The molecule has 1 fully saturated rings. The summed E-state index contributed by atoms with van der Waals surface area (Å²) in [6, 6.07) is 7.88. The van der Waals surface area contributed by atoms with Crippen LogP contribution < -0.4 is 5.32 Å². The van der Waals surface area contributed by atoms with Crippen LogP contribution in [-0.4, -0.2) is 35.6 Å². The average molecular weight is 316 g/mol. The van der Waals surface area contributed by atoms with Crippen molar-refractivity contribution in [2.24, 2.45) is 5.41 Å². The van der Waals surface area contributed by atoms with Crippen molar-refractivity contribution in [3.63, 3.8) is 0 Å². The van der Waals surface area contributed by atoms with Gasteiger partial charge in [0.25, 0.3) is 0 Å². The van der Waals surface area contributed by atoms with Gasteiger partial charge in [-0.1, -0.05) is 18.2 Å². The predicted molar refractivity (Wildman–Crippen MR) is 88.2 cm³/mol. The molecule has 124 valence electrons. The van der Waals surface area contributed by atoms with Crippen molar-refractivity contribution in [1.29, 1.82) is 0 Å². The molecule has 1 aromatic carbocycles. The third kappa shape index (κ3) is 3.19. The van der Waals surface area contributed by atoms with Crippen molar-refractivity contribution < 1.29 is 14.3 Å². The monoisotopic (exact) mass is 316 g/mol. The molecule has 0 saturated carbocycles. The van der Waals surface area contributed by atoms with E-state index < -0.39 is 11.0 Å². The quantitative estimate of drug-likeness (QED) is 0.799. The zero-order valence-corrected chi connectivity index (χ0v) is 14.0. The summed E-state index contributed by atoms with van der Waals surface area (Å²) in [6.45, 7) is 6.63. The Morgan fingerprint density at radius 1 is 1.30 bits per heavy atom. The van der Waals surface area contributed by atoms with Crippen LogP contribution in [0.5, 0.6) is 0 Å². The van der Waals surface area contributed by atoms with Gasteiger partial charge in [0.05, 0.1) is 5.41 Å². The van der Waals surface area contributed by atoms with Crippen molar-refractivity contribution in [2.45, 2.75) is 45.6 Å². The Morgan fingerprint density at radius 3 is 2.78 bits per heavy atom. The second kappa shape index (κ2) is 5.55. The third-order valence-corrected chi connectivity index (χ3v) is 4.50. The number of carbonyl (C=O) groups excluding carboxylic acids is 2. The van der Waals surface area contributed by atoms with Gasteiger partial charge >= 0.3 is 6.09 Å². The molecule has 0 radical (unpaired) electrons. The highest BCUT2D eigenvalue weighted by Gasteiger charge is 2.46. The molecule has 2 aliphatic heterocycles. The number of piperidine rings is 1. The van der Waals surface area contributed by atoms with Gasteiger partial charge in [0.2, 0.25) is 5.91 Å². The molecule has 2 aliphatic rings. The van der Waals surface area contributed by atoms with Gasteiger partial charge in [-0.15, -0.1) is 0 Å². The lowest BCUT2D eigenvalue weighted by molar-refractivity contribution is -0.129. The van der Waals surface area contributed by atoms with Gasteiger partial charge in [0.1, 0.15) is 5.60 Å². The number of likely N-dealkylation sites (tertiary alicyclic amines) is 1. The summed E-state index contributed by atoms with van der Waals surface area (Å²) < 4.78 is 5.47. The summed E-state index contributed by atoms with van der Waals surface area (Å²) >= 11 is 0. The first-order valence-corrected chi connectivity index (χ1v) is 8.16. The molecule has 1 spiro atoms. The van der Waals surface area contributed by atoms with Crippen LogP contribution in [0.4, 0.5) is 10.5 Å².